The van der Waals surface area contributed by atoms with Gasteiger partial charge in [0.05, 0.1) is 21.6 Å². The number of nitrogens with one attached hydrogen (secondary N) is 1. The standard InChI is InChI=1S/C21H20Cl2N4O5S/c1-10(2)32-21(30)15-11(3)17(18(24)28)33-20(15)25-19(29)13-7-8-27(26-13)9-31-14-6-4-5-12(22)16(14)23/h4-8,10H,9H2,1-3H3,(H2,24,28)(H,25,29). The van der Waals surface area contributed by atoms with E-state index in [2.05, 4.69) is 10.4 Å². The summed E-state index contributed by atoms with van der Waals surface area (Å²) < 4.78 is 12.2. The highest BCUT2D eigenvalue weighted by Crippen LogP contribution is 2.34. The number of nitrogens with two attached hydrogens (primary N) is 1. The van der Waals surface area contributed by atoms with Crippen molar-refractivity contribution in [2.75, 3.05) is 5.32 Å². The third-order valence-electron chi connectivity index (χ3n) is 4.29. The molecule has 9 nitrogen and oxygen atoms in total. The second kappa shape index (κ2) is 10.2. The summed E-state index contributed by atoms with van der Waals surface area (Å²) in [6.45, 7) is 4.93. The van der Waals surface area contributed by atoms with Crippen molar-refractivity contribution in [3.63, 3.8) is 0 Å². The van der Waals surface area contributed by atoms with Crippen LogP contribution in [-0.2, 0) is 11.5 Å². The van der Waals surface area contributed by atoms with Crippen LogP contribution in [0.15, 0.2) is 30.5 Å². The van der Waals surface area contributed by atoms with E-state index in [0.717, 1.165) is 11.3 Å². The number of thiophene rings is 1. The number of aromatic nitrogens is 2. The van der Waals surface area contributed by atoms with Crippen molar-refractivity contribution in [3.05, 3.63) is 62.2 Å². The van der Waals surface area contributed by atoms with E-state index in [1.807, 2.05) is 0 Å². The first-order valence-corrected chi connectivity index (χ1v) is 11.2. The molecule has 0 unspecified atom stereocenters. The van der Waals surface area contributed by atoms with Crippen LogP contribution in [-0.4, -0.2) is 33.7 Å². The van der Waals surface area contributed by atoms with E-state index in [1.54, 1.807) is 39.0 Å². The molecule has 0 spiro atoms. The minimum absolute atomic E-state index is 0.0246. The SMILES string of the molecule is Cc1c(C(N)=O)sc(NC(=O)c2ccn(COc3cccc(Cl)c3Cl)n2)c1C(=O)OC(C)C. The molecular weight excluding hydrogens is 491 g/mol. The first-order chi connectivity index (χ1) is 15.6. The van der Waals surface area contributed by atoms with E-state index in [1.165, 1.54) is 16.9 Å². The number of rotatable bonds is 8. The van der Waals surface area contributed by atoms with Crippen LogP contribution in [0.5, 0.6) is 5.75 Å². The van der Waals surface area contributed by atoms with Crippen molar-refractivity contribution in [1.29, 1.82) is 0 Å². The molecule has 2 aromatic heterocycles. The highest BCUT2D eigenvalue weighted by Gasteiger charge is 2.27. The van der Waals surface area contributed by atoms with E-state index < -0.39 is 17.8 Å². The summed E-state index contributed by atoms with van der Waals surface area (Å²) in [5.74, 6) is -1.60. The minimum atomic E-state index is -0.710. The molecule has 0 radical (unpaired) electrons. The molecule has 174 valence electrons. The van der Waals surface area contributed by atoms with Gasteiger partial charge in [-0.05, 0) is 44.5 Å². The molecule has 12 heteroatoms. The molecule has 0 saturated heterocycles. The second-order valence-corrected chi connectivity index (χ2v) is 8.90. The predicted octanol–water partition coefficient (Wildman–Crippen LogP) is 4.51. The average Bonchev–Trinajstić information content (AvgIpc) is 3.33. The Balaban J connectivity index is 1.77. The zero-order valence-corrected chi connectivity index (χ0v) is 20.2. The fraction of sp³-hybridized carbons (Fsp3) is 0.238. The molecule has 1 aromatic carbocycles. The number of hydrogen-bond donors (Lipinski definition) is 2. The van der Waals surface area contributed by atoms with Crippen LogP contribution in [0.4, 0.5) is 5.00 Å². The first-order valence-electron chi connectivity index (χ1n) is 9.64. The van der Waals surface area contributed by atoms with Crippen LogP contribution >= 0.6 is 34.5 Å². The van der Waals surface area contributed by atoms with Crippen LogP contribution in [0.1, 0.15) is 49.9 Å². The fourth-order valence-corrected chi connectivity index (χ4v) is 4.20. The van der Waals surface area contributed by atoms with Crippen LogP contribution in [0.25, 0.3) is 0 Å². The number of ether oxygens (including phenoxy) is 2. The lowest BCUT2D eigenvalue weighted by Crippen LogP contribution is -2.18. The Hall–Kier alpha value is -3.08. The Bertz CT molecular complexity index is 1220. The quantitative estimate of drug-likeness (QED) is 0.429. The molecule has 3 N–H and O–H groups in total. The van der Waals surface area contributed by atoms with Crippen molar-refractivity contribution in [1.82, 2.24) is 9.78 Å². The number of primary amides is 1. The van der Waals surface area contributed by atoms with Gasteiger partial charge in [-0.3, -0.25) is 9.59 Å². The molecule has 0 saturated carbocycles. The number of carbonyl (C=O) groups excluding carboxylic acids is 3. The van der Waals surface area contributed by atoms with E-state index in [0.29, 0.717) is 16.3 Å². The number of carbonyl (C=O) groups is 3. The summed E-state index contributed by atoms with van der Waals surface area (Å²) in [5, 5.41) is 7.54. The number of esters is 1. The van der Waals surface area contributed by atoms with Gasteiger partial charge in [-0.25, -0.2) is 9.48 Å². The summed E-state index contributed by atoms with van der Waals surface area (Å²) in [7, 11) is 0. The zero-order valence-electron chi connectivity index (χ0n) is 17.8. The van der Waals surface area contributed by atoms with Gasteiger partial charge in [-0.2, -0.15) is 5.10 Å². The van der Waals surface area contributed by atoms with Crippen LogP contribution in [0.3, 0.4) is 0 Å². The van der Waals surface area contributed by atoms with Crippen molar-refractivity contribution < 1.29 is 23.9 Å². The molecule has 2 amide bonds. The zero-order chi connectivity index (χ0) is 24.3. The molecule has 3 aromatic rings. The summed E-state index contributed by atoms with van der Waals surface area (Å²) in [4.78, 5) is 37.2. The lowest BCUT2D eigenvalue weighted by atomic mass is 10.1. The number of nitrogens with zero attached hydrogens (tertiary/aromatic N) is 2. The van der Waals surface area contributed by atoms with Crippen molar-refractivity contribution in [2.24, 2.45) is 5.73 Å². The first kappa shape index (κ1) is 24.6. The van der Waals surface area contributed by atoms with Gasteiger partial charge < -0.3 is 20.5 Å². The van der Waals surface area contributed by atoms with Gasteiger partial charge in [-0.1, -0.05) is 29.3 Å². The number of hydrogen-bond acceptors (Lipinski definition) is 7. The molecule has 0 atom stereocenters. The largest absolute Gasteiger partial charge is 0.470 e. The molecule has 0 bridgehead atoms. The Kier molecular flexibility index (Phi) is 7.62. The maximum atomic E-state index is 12.8. The molecule has 0 aliphatic rings. The fourth-order valence-electron chi connectivity index (χ4n) is 2.81. The minimum Gasteiger partial charge on any atom is -0.470 e. The molecule has 2 heterocycles. The van der Waals surface area contributed by atoms with Crippen LogP contribution in [0, 0.1) is 6.92 Å². The summed E-state index contributed by atoms with van der Waals surface area (Å²) in [6.07, 6.45) is 1.15. The number of benzene rings is 1. The Labute approximate surface area is 203 Å². The third kappa shape index (κ3) is 5.65. The summed E-state index contributed by atoms with van der Waals surface area (Å²) in [5.41, 5.74) is 5.88. The van der Waals surface area contributed by atoms with Gasteiger partial charge >= 0.3 is 5.97 Å². The molecule has 33 heavy (non-hydrogen) atoms. The van der Waals surface area contributed by atoms with Crippen molar-refractivity contribution in [2.45, 2.75) is 33.6 Å². The van der Waals surface area contributed by atoms with E-state index in [9.17, 15) is 14.4 Å². The Morgan fingerprint density at radius 3 is 2.64 bits per heavy atom. The Morgan fingerprint density at radius 1 is 1.24 bits per heavy atom. The van der Waals surface area contributed by atoms with Crippen molar-refractivity contribution >= 4 is 57.3 Å². The van der Waals surface area contributed by atoms with Crippen molar-refractivity contribution in [3.8, 4) is 5.75 Å². The monoisotopic (exact) mass is 510 g/mol. The lowest BCUT2D eigenvalue weighted by molar-refractivity contribution is 0.0379. The Morgan fingerprint density at radius 2 is 1.97 bits per heavy atom. The smallest absolute Gasteiger partial charge is 0.341 e. The van der Waals surface area contributed by atoms with E-state index >= 15 is 0 Å². The maximum absolute atomic E-state index is 12.8. The van der Waals surface area contributed by atoms with Gasteiger partial charge in [0, 0.05) is 6.20 Å². The molecule has 0 fully saturated rings. The maximum Gasteiger partial charge on any atom is 0.341 e. The van der Waals surface area contributed by atoms with Crippen LogP contribution in [0.2, 0.25) is 10.0 Å². The van der Waals surface area contributed by atoms with Gasteiger partial charge in [0.2, 0.25) is 0 Å². The number of halogens is 2. The summed E-state index contributed by atoms with van der Waals surface area (Å²) in [6, 6.07) is 6.45. The van der Waals surface area contributed by atoms with Crippen LogP contribution < -0.4 is 15.8 Å². The molecule has 3 rings (SSSR count). The molecule has 0 aliphatic heterocycles. The average molecular weight is 511 g/mol. The third-order valence-corrected chi connectivity index (χ3v) is 6.31. The topological polar surface area (TPSA) is 126 Å². The lowest BCUT2D eigenvalue weighted by Gasteiger charge is -2.10. The number of anilines is 1. The normalized spacial score (nSPS) is 10.8. The summed E-state index contributed by atoms with van der Waals surface area (Å²) >= 11 is 13.0. The van der Waals surface area contributed by atoms with Gasteiger partial charge in [0.15, 0.2) is 12.4 Å². The van der Waals surface area contributed by atoms with Gasteiger partial charge in [-0.15, -0.1) is 11.3 Å². The van der Waals surface area contributed by atoms with Gasteiger partial charge in [0.1, 0.15) is 15.8 Å². The molecular formula is C21H20Cl2N4O5S. The van der Waals surface area contributed by atoms with E-state index in [4.69, 9.17) is 38.4 Å². The predicted molar refractivity (Wildman–Crippen MR) is 125 cm³/mol. The number of amides is 2. The molecule has 0 aliphatic carbocycles. The second-order valence-electron chi connectivity index (χ2n) is 7.10. The van der Waals surface area contributed by atoms with Gasteiger partial charge in [0.25, 0.3) is 11.8 Å². The highest BCUT2D eigenvalue weighted by molar-refractivity contribution is 7.18. The highest BCUT2D eigenvalue weighted by atomic mass is 35.5. The van der Waals surface area contributed by atoms with E-state index in [-0.39, 0.29) is 39.0 Å².